The maximum absolute atomic E-state index is 5.71. The predicted octanol–water partition coefficient (Wildman–Crippen LogP) is 2.48. The summed E-state index contributed by atoms with van der Waals surface area (Å²) in [5, 5.41) is 12.1. The third-order valence-corrected chi connectivity index (χ3v) is 4.02. The molecule has 104 valence electrons. The van der Waals surface area contributed by atoms with Crippen LogP contribution in [0.2, 0.25) is 0 Å². The van der Waals surface area contributed by atoms with Crippen molar-refractivity contribution in [2.75, 3.05) is 18.5 Å². The van der Waals surface area contributed by atoms with Gasteiger partial charge in [0.25, 0.3) is 0 Å². The molecule has 0 spiro atoms. The molecule has 1 N–H and O–H groups in total. The van der Waals surface area contributed by atoms with E-state index in [0.29, 0.717) is 6.61 Å². The van der Waals surface area contributed by atoms with Gasteiger partial charge in [0.1, 0.15) is 18.2 Å². The summed E-state index contributed by atoms with van der Waals surface area (Å²) >= 11 is 0. The second-order valence-corrected chi connectivity index (χ2v) is 5.39. The van der Waals surface area contributed by atoms with Crippen LogP contribution in [0.1, 0.15) is 25.1 Å². The third kappa shape index (κ3) is 1.94. The summed E-state index contributed by atoms with van der Waals surface area (Å²) in [6, 6.07) is 6.24. The Hall–Kier alpha value is -2.04. The highest BCUT2D eigenvalue weighted by Gasteiger charge is 2.18. The molecule has 3 heterocycles. The molecule has 1 aromatic heterocycles. The Bertz CT molecular complexity index is 635. The van der Waals surface area contributed by atoms with Crippen LogP contribution < -0.4 is 10.1 Å². The number of nitrogens with zero attached hydrogens (tertiary/aromatic N) is 3. The molecule has 0 aliphatic carbocycles. The van der Waals surface area contributed by atoms with Gasteiger partial charge in [-0.25, -0.2) is 0 Å². The second-order valence-electron chi connectivity index (χ2n) is 5.39. The molecule has 4 rings (SSSR count). The second kappa shape index (κ2) is 4.81. The average Bonchev–Trinajstić information content (AvgIpc) is 2.75. The number of nitrogens with one attached hydrogen (secondary N) is 1. The molecule has 0 unspecified atom stereocenters. The van der Waals surface area contributed by atoms with E-state index in [1.165, 1.54) is 19.3 Å². The monoisotopic (exact) mass is 270 g/mol. The van der Waals surface area contributed by atoms with Crippen molar-refractivity contribution in [3.63, 3.8) is 0 Å². The summed E-state index contributed by atoms with van der Waals surface area (Å²) in [6.45, 7) is 2.61. The number of rotatable bonds is 1. The number of aromatic nitrogens is 3. The van der Waals surface area contributed by atoms with E-state index >= 15 is 0 Å². The first-order valence-electron chi connectivity index (χ1n) is 7.35. The van der Waals surface area contributed by atoms with Crippen LogP contribution in [0.15, 0.2) is 18.2 Å². The molecule has 0 atom stereocenters. The zero-order valence-electron chi connectivity index (χ0n) is 11.4. The van der Waals surface area contributed by atoms with Gasteiger partial charge in [0.15, 0.2) is 5.82 Å². The highest BCUT2D eigenvalue weighted by molar-refractivity contribution is 5.68. The van der Waals surface area contributed by atoms with Crippen LogP contribution in [0.5, 0.6) is 5.75 Å². The Morgan fingerprint density at radius 1 is 1.15 bits per heavy atom. The van der Waals surface area contributed by atoms with E-state index in [9.17, 15) is 0 Å². The highest BCUT2D eigenvalue weighted by Crippen LogP contribution is 2.32. The van der Waals surface area contributed by atoms with E-state index in [2.05, 4.69) is 38.3 Å². The van der Waals surface area contributed by atoms with Crippen molar-refractivity contribution in [1.29, 1.82) is 0 Å². The maximum atomic E-state index is 5.71. The van der Waals surface area contributed by atoms with Gasteiger partial charge in [0, 0.05) is 25.1 Å². The average molecular weight is 270 g/mol. The molecule has 0 saturated heterocycles. The van der Waals surface area contributed by atoms with Crippen molar-refractivity contribution in [1.82, 2.24) is 14.8 Å². The highest BCUT2D eigenvalue weighted by atomic mass is 16.5. The first-order chi connectivity index (χ1) is 9.92. The summed E-state index contributed by atoms with van der Waals surface area (Å²) in [7, 11) is 0. The van der Waals surface area contributed by atoms with Gasteiger partial charge in [0.05, 0.1) is 5.69 Å². The summed E-state index contributed by atoms with van der Waals surface area (Å²) in [5.41, 5.74) is 2.16. The van der Waals surface area contributed by atoms with Crippen molar-refractivity contribution in [3.8, 4) is 17.1 Å². The molecule has 2 aromatic rings. The smallest absolute Gasteiger partial charge is 0.164 e. The molecule has 2 aliphatic rings. The Labute approximate surface area is 118 Å². The Morgan fingerprint density at radius 2 is 2.15 bits per heavy atom. The SMILES string of the molecule is c1cc2c(cc1-c1nnc3n1CCCCC3)OCCN2. The van der Waals surface area contributed by atoms with E-state index < -0.39 is 0 Å². The summed E-state index contributed by atoms with van der Waals surface area (Å²) < 4.78 is 7.98. The molecular formula is C15H18N4O. The van der Waals surface area contributed by atoms with Crippen LogP contribution in [0.4, 0.5) is 5.69 Å². The van der Waals surface area contributed by atoms with Crippen LogP contribution >= 0.6 is 0 Å². The van der Waals surface area contributed by atoms with E-state index in [1.807, 2.05) is 0 Å². The van der Waals surface area contributed by atoms with E-state index in [4.69, 9.17) is 4.74 Å². The molecule has 0 fully saturated rings. The van der Waals surface area contributed by atoms with Gasteiger partial charge in [0.2, 0.25) is 0 Å². The minimum atomic E-state index is 0.717. The van der Waals surface area contributed by atoms with Gasteiger partial charge >= 0.3 is 0 Å². The lowest BCUT2D eigenvalue weighted by Crippen LogP contribution is -2.17. The van der Waals surface area contributed by atoms with Crippen molar-refractivity contribution in [2.45, 2.75) is 32.2 Å². The number of benzene rings is 1. The summed E-state index contributed by atoms with van der Waals surface area (Å²) in [6.07, 6.45) is 4.74. The Balaban J connectivity index is 1.76. The lowest BCUT2D eigenvalue weighted by molar-refractivity contribution is 0.323. The van der Waals surface area contributed by atoms with Crippen LogP contribution in [0.3, 0.4) is 0 Å². The fraction of sp³-hybridized carbons (Fsp3) is 0.467. The Kier molecular flexibility index (Phi) is 2.83. The van der Waals surface area contributed by atoms with Gasteiger partial charge in [-0.2, -0.15) is 0 Å². The van der Waals surface area contributed by atoms with Gasteiger partial charge in [-0.3, -0.25) is 0 Å². The van der Waals surface area contributed by atoms with Crippen molar-refractivity contribution < 1.29 is 4.74 Å². The predicted molar refractivity (Wildman–Crippen MR) is 77.0 cm³/mol. The van der Waals surface area contributed by atoms with E-state index in [1.54, 1.807) is 0 Å². The van der Waals surface area contributed by atoms with Gasteiger partial charge in [-0.15, -0.1) is 10.2 Å². The zero-order chi connectivity index (χ0) is 13.4. The summed E-state index contributed by atoms with van der Waals surface area (Å²) in [4.78, 5) is 0. The van der Waals surface area contributed by atoms with Crippen molar-refractivity contribution in [2.24, 2.45) is 0 Å². The standard InChI is InChI=1S/C15H18N4O/c1-2-4-14-17-18-15(19(14)8-3-1)11-5-6-12-13(10-11)20-9-7-16-12/h5-6,10,16H,1-4,7-9H2. The maximum Gasteiger partial charge on any atom is 0.164 e. The fourth-order valence-electron chi connectivity index (χ4n) is 2.97. The number of aryl methyl sites for hydroxylation is 1. The summed E-state index contributed by atoms with van der Waals surface area (Å²) in [5.74, 6) is 3.01. The van der Waals surface area contributed by atoms with Crippen LogP contribution in [0, 0.1) is 0 Å². The quantitative estimate of drug-likeness (QED) is 0.865. The lowest BCUT2D eigenvalue weighted by atomic mass is 10.1. The van der Waals surface area contributed by atoms with E-state index in [-0.39, 0.29) is 0 Å². The topological polar surface area (TPSA) is 52.0 Å². The fourth-order valence-corrected chi connectivity index (χ4v) is 2.97. The normalized spacial score (nSPS) is 17.4. The molecule has 0 amide bonds. The third-order valence-electron chi connectivity index (χ3n) is 4.02. The molecule has 2 aliphatic heterocycles. The molecule has 0 radical (unpaired) electrons. The van der Waals surface area contributed by atoms with Crippen LogP contribution in [-0.2, 0) is 13.0 Å². The largest absolute Gasteiger partial charge is 0.490 e. The molecule has 0 bridgehead atoms. The van der Waals surface area contributed by atoms with Gasteiger partial charge < -0.3 is 14.6 Å². The van der Waals surface area contributed by atoms with Crippen molar-refractivity contribution >= 4 is 5.69 Å². The number of hydrogen-bond acceptors (Lipinski definition) is 4. The molecular weight excluding hydrogens is 252 g/mol. The number of anilines is 1. The number of ether oxygens (including phenoxy) is 1. The molecule has 1 aromatic carbocycles. The molecule has 20 heavy (non-hydrogen) atoms. The first kappa shape index (κ1) is 11.8. The molecule has 5 heteroatoms. The van der Waals surface area contributed by atoms with Crippen LogP contribution in [0.25, 0.3) is 11.4 Å². The minimum absolute atomic E-state index is 0.717. The van der Waals surface area contributed by atoms with Gasteiger partial charge in [-0.1, -0.05) is 6.42 Å². The van der Waals surface area contributed by atoms with Crippen LogP contribution in [-0.4, -0.2) is 27.9 Å². The molecule has 5 nitrogen and oxygen atoms in total. The first-order valence-corrected chi connectivity index (χ1v) is 7.35. The number of fused-ring (bicyclic) bond motifs is 2. The zero-order valence-corrected chi connectivity index (χ0v) is 11.4. The Morgan fingerprint density at radius 3 is 3.15 bits per heavy atom. The van der Waals surface area contributed by atoms with Crippen molar-refractivity contribution in [3.05, 3.63) is 24.0 Å². The van der Waals surface area contributed by atoms with E-state index in [0.717, 1.165) is 48.2 Å². The molecule has 0 saturated carbocycles. The lowest BCUT2D eigenvalue weighted by Gasteiger charge is -2.19. The minimum Gasteiger partial charge on any atom is -0.490 e. The van der Waals surface area contributed by atoms with Gasteiger partial charge in [-0.05, 0) is 31.0 Å². The number of hydrogen-bond donors (Lipinski definition) is 1.